The van der Waals surface area contributed by atoms with Gasteiger partial charge in [0, 0.05) is 32.1 Å². The molecule has 0 aliphatic carbocycles. The second-order valence-corrected chi connectivity index (χ2v) is 8.88. The maximum absolute atomic E-state index is 13.0. The zero-order valence-electron chi connectivity index (χ0n) is 16.4. The molecule has 9 heteroatoms. The fourth-order valence-electron chi connectivity index (χ4n) is 3.53. The molecule has 0 saturated heterocycles. The first-order valence-corrected chi connectivity index (χ1v) is 11.0. The standard InChI is InChI=1S/C21H21FN4O3S/c1-14(27)26-11-9-16-12-18(6-7-20(16)26)30(28,29)24-10-8-21-23-13-19(25-21)15-2-4-17(22)5-3-15/h2-7,12-13,24H,8-11H2,1H3,(H,23,25). The zero-order valence-corrected chi connectivity index (χ0v) is 17.2. The van der Waals surface area contributed by atoms with Crippen molar-refractivity contribution >= 4 is 21.6 Å². The average Bonchev–Trinajstić information content (AvgIpc) is 3.35. The van der Waals surface area contributed by atoms with Crippen LogP contribution in [-0.4, -0.2) is 37.4 Å². The molecule has 1 amide bonds. The van der Waals surface area contributed by atoms with E-state index in [0.29, 0.717) is 25.2 Å². The van der Waals surface area contributed by atoms with Crippen LogP contribution in [0.15, 0.2) is 53.6 Å². The monoisotopic (exact) mass is 428 g/mol. The lowest BCUT2D eigenvalue weighted by atomic mass is 10.2. The molecule has 1 aliphatic heterocycles. The Morgan fingerprint density at radius 2 is 2.00 bits per heavy atom. The van der Waals surface area contributed by atoms with Crippen LogP contribution in [-0.2, 0) is 27.7 Å². The largest absolute Gasteiger partial charge is 0.342 e. The molecule has 3 aromatic rings. The number of aromatic amines is 1. The van der Waals surface area contributed by atoms with Crippen LogP contribution in [0.25, 0.3) is 11.3 Å². The topological polar surface area (TPSA) is 95.2 Å². The number of sulfonamides is 1. The summed E-state index contributed by atoms with van der Waals surface area (Å²) in [4.78, 5) is 20.8. The second-order valence-electron chi connectivity index (χ2n) is 7.11. The van der Waals surface area contributed by atoms with E-state index in [2.05, 4.69) is 14.7 Å². The molecule has 2 aromatic carbocycles. The van der Waals surface area contributed by atoms with Crippen molar-refractivity contribution in [3.05, 3.63) is 65.9 Å². The van der Waals surface area contributed by atoms with E-state index in [1.807, 2.05) is 0 Å². The van der Waals surface area contributed by atoms with Crippen molar-refractivity contribution in [1.82, 2.24) is 14.7 Å². The summed E-state index contributed by atoms with van der Waals surface area (Å²) in [6, 6.07) is 10.9. The summed E-state index contributed by atoms with van der Waals surface area (Å²) in [5.74, 6) is 0.262. The normalized spacial score (nSPS) is 13.5. The van der Waals surface area contributed by atoms with E-state index >= 15 is 0 Å². The Morgan fingerprint density at radius 1 is 1.23 bits per heavy atom. The molecule has 0 saturated carbocycles. The molecule has 1 aromatic heterocycles. The first kappa shape index (κ1) is 20.2. The molecule has 0 unspecified atom stereocenters. The number of imidazole rings is 1. The maximum atomic E-state index is 13.0. The predicted molar refractivity (Wildman–Crippen MR) is 111 cm³/mol. The van der Waals surface area contributed by atoms with Crippen LogP contribution in [0.1, 0.15) is 18.3 Å². The summed E-state index contributed by atoms with van der Waals surface area (Å²) < 4.78 is 40.9. The molecular weight excluding hydrogens is 407 g/mol. The van der Waals surface area contributed by atoms with Crippen LogP contribution >= 0.6 is 0 Å². The average molecular weight is 428 g/mol. The van der Waals surface area contributed by atoms with Crippen molar-refractivity contribution < 1.29 is 17.6 Å². The number of carbonyl (C=O) groups is 1. The number of nitrogens with zero attached hydrogens (tertiary/aromatic N) is 2. The number of rotatable bonds is 6. The van der Waals surface area contributed by atoms with E-state index in [9.17, 15) is 17.6 Å². The lowest BCUT2D eigenvalue weighted by Crippen LogP contribution is -2.27. The van der Waals surface area contributed by atoms with Gasteiger partial charge in [-0.05, 0) is 60.0 Å². The maximum Gasteiger partial charge on any atom is 0.240 e. The van der Waals surface area contributed by atoms with Gasteiger partial charge in [0.15, 0.2) is 0 Å². The van der Waals surface area contributed by atoms with Crippen LogP contribution < -0.4 is 9.62 Å². The van der Waals surface area contributed by atoms with Gasteiger partial charge >= 0.3 is 0 Å². The molecule has 7 nitrogen and oxygen atoms in total. The number of halogens is 1. The lowest BCUT2D eigenvalue weighted by molar-refractivity contribution is -0.116. The Hall–Kier alpha value is -3.04. The van der Waals surface area contributed by atoms with Gasteiger partial charge in [-0.25, -0.2) is 22.5 Å². The van der Waals surface area contributed by atoms with Crippen molar-refractivity contribution in [2.45, 2.75) is 24.7 Å². The van der Waals surface area contributed by atoms with E-state index < -0.39 is 10.0 Å². The molecule has 2 heterocycles. The number of aromatic nitrogens is 2. The number of hydrogen-bond acceptors (Lipinski definition) is 4. The Labute approximate surface area is 174 Å². The van der Waals surface area contributed by atoms with E-state index in [1.54, 1.807) is 35.4 Å². The molecule has 2 N–H and O–H groups in total. The van der Waals surface area contributed by atoms with Crippen LogP contribution in [0, 0.1) is 5.82 Å². The molecule has 4 rings (SSSR count). The quantitative estimate of drug-likeness (QED) is 0.631. The first-order chi connectivity index (χ1) is 14.3. The minimum Gasteiger partial charge on any atom is -0.342 e. The molecule has 156 valence electrons. The summed E-state index contributed by atoms with van der Waals surface area (Å²) in [5, 5.41) is 0. The Balaban J connectivity index is 1.39. The van der Waals surface area contributed by atoms with Gasteiger partial charge in [0.25, 0.3) is 0 Å². The van der Waals surface area contributed by atoms with E-state index in [0.717, 1.165) is 22.5 Å². The van der Waals surface area contributed by atoms with Gasteiger partial charge < -0.3 is 9.88 Å². The van der Waals surface area contributed by atoms with Crippen LogP contribution in [0.3, 0.4) is 0 Å². The summed E-state index contributed by atoms with van der Waals surface area (Å²) in [5.41, 5.74) is 3.16. The number of nitrogens with one attached hydrogen (secondary N) is 2. The SMILES string of the molecule is CC(=O)N1CCc2cc(S(=O)(=O)NCCc3ncc(-c4ccc(F)cc4)[nH]3)ccc21. The fraction of sp³-hybridized carbons (Fsp3) is 0.238. The number of anilines is 1. The fourth-order valence-corrected chi connectivity index (χ4v) is 4.61. The number of amides is 1. The number of H-pyrrole nitrogens is 1. The van der Waals surface area contributed by atoms with E-state index in [-0.39, 0.29) is 23.2 Å². The summed E-state index contributed by atoms with van der Waals surface area (Å²) in [7, 11) is -3.68. The molecule has 0 radical (unpaired) electrons. The highest BCUT2D eigenvalue weighted by Gasteiger charge is 2.24. The van der Waals surface area contributed by atoms with Gasteiger partial charge in [-0.1, -0.05) is 0 Å². The third-order valence-corrected chi connectivity index (χ3v) is 6.53. The smallest absolute Gasteiger partial charge is 0.240 e. The number of fused-ring (bicyclic) bond motifs is 1. The van der Waals surface area contributed by atoms with Crippen molar-refractivity contribution in [2.24, 2.45) is 0 Å². The Kier molecular flexibility index (Phi) is 5.40. The molecule has 0 bridgehead atoms. The van der Waals surface area contributed by atoms with Gasteiger partial charge in [0.2, 0.25) is 15.9 Å². The summed E-state index contributed by atoms with van der Waals surface area (Å²) >= 11 is 0. The van der Waals surface area contributed by atoms with Gasteiger partial charge in [-0.15, -0.1) is 0 Å². The highest BCUT2D eigenvalue weighted by atomic mass is 32.2. The third kappa shape index (κ3) is 4.12. The lowest BCUT2D eigenvalue weighted by Gasteiger charge is -2.15. The predicted octanol–water partition coefficient (Wildman–Crippen LogP) is 2.65. The zero-order chi connectivity index (χ0) is 21.3. The van der Waals surface area contributed by atoms with Crippen LogP contribution in [0.5, 0.6) is 0 Å². The number of benzene rings is 2. The minimum absolute atomic E-state index is 0.0547. The highest BCUT2D eigenvalue weighted by Crippen LogP contribution is 2.30. The summed E-state index contributed by atoms with van der Waals surface area (Å²) in [6.07, 6.45) is 2.65. The van der Waals surface area contributed by atoms with Crippen LogP contribution in [0.4, 0.5) is 10.1 Å². The molecule has 0 atom stereocenters. The van der Waals surface area contributed by atoms with E-state index in [1.165, 1.54) is 25.1 Å². The van der Waals surface area contributed by atoms with Gasteiger partial charge in [-0.3, -0.25) is 4.79 Å². The van der Waals surface area contributed by atoms with Crippen LogP contribution in [0.2, 0.25) is 0 Å². The Morgan fingerprint density at radius 3 is 2.73 bits per heavy atom. The van der Waals surface area contributed by atoms with Gasteiger partial charge in [0.1, 0.15) is 11.6 Å². The van der Waals surface area contributed by atoms with Crippen molar-refractivity contribution in [3.63, 3.8) is 0 Å². The van der Waals surface area contributed by atoms with Crippen molar-refractivity contribution in [3.8, 4) is 11.3 Å². The van der Waals surface area contributed by atoms with Gasteiger partial charge in [0.05, 0.1) is 16.8 Å². The Bertz CT molecular complexity index is 1190. The molecular formula is C21H21FN4O3S. The summed E-state index contributed by atoms with van der Waals surface area (Å²) in [6.45, 7) is 2.24. The highest BCUT2D eigenvalue weighted by molar-refractivity contribution is 7.89. The molecule has 30 heavy (non-hydrogen) atoms. The molecule has 0 spiro atoms. The first-order valence-electron chi connectivity index (χ1n) is 9.54. The van der Waals surface area contributed by atoms with E-state index in [4.69, 9.17) is 0 Å². The third-order valence-electron chi connectivity index (χ3n) is 5.07. The molecule has 1 aliphatic rings. The number of hydrogen-bond donors (Lipinski definition) is 2. The molecule has 0 fully saturated rings. The number of carbonyl (C=O) groups excluding carboxylic acids is 1. The van der Waals surface area contributed by atoms with Gasteiger partial charge in [-0.2, -0.15) is 0 Å². The van der Waals surface area contributed by atoms with Crippen molar-refractivity contribution in [1.29, 1.82) is 0 Å². The minimum atomic E-state index is -3.68. The van der Waals surface area contributed by atoms with Crippen molar-refractivity contribution in [2.75, 3.05) is 18.0 Å². The second kappa shape index (κ2) is 8.00.